The molecule has 4 heterocycles. The van der Waals surface area contributed by atoms with Crippen molar-refractivity contribution < 1.29 is 4.74 Å². The molecule has 22 heavy (non-hydrogen) atoms. The van der Waals surface area contributed by atoms with E-state index in [4.69, 9.17) is 4.74 Å². The van der Waals surface area contributed by atoms with Crippen LogP contribution in [0.5, 0.6) is 0 Å². The Hall–Kier alpha value is -1.49. The number of rotatable bonds is 2. The van der Waals surface area contributed by atoms with Crippen LogP contribution in [0.3, 0.4) is 0 Å². The van der Waals surface area contributed by atoms with Crippen LogP contribution in [0.15, 0.2) is 16.9 Å². The van der Waals surface area contributed by atoms with Gasteiger partial charge in [-0.2, -0.15) is 0 Å². The van der Waals surface area contributed by atoms with Crippen molar-refractivity contribution in [2.75, 3.05) is 36.0 Å². The largest absolute Gasteiger partial charge is 0.371 e. The molecule has 1 aromatic heterocycles. The lowest BCUT2D eigenvalue weighted by Gasteiger charge is -2.34. The van der Waals surface area contributed by atoms with E-state index in [1.54, 1.807) is 6.07 Å². The van der Waals surface area contributed by atoms with E-state index in [1.807, 2.05) is 0 Å². The summed E-state index contributed by atoms with van der Waals surface area (Å²) in [7, 11) is 0. The van der Waals surface area contributed by atoms with Gasteiger partial charge in [-0.1, -0.05) is 12.8 Å². The third-order valence-electron chi connectivity index (χ3n) is 5.17. The van der Waals surface area contributed by atoms with Crippen molar-refractivity contribution in [2.24, 2.45) is 0 Å². The minimum Gasteiger partial charge on any atom is -0.371 e. The maximum atomic E-state index is 12.1. The second kappa shape index (κ2) is 5.95. The zero-order valence-corrected chi connectivity index (χ0v) is 13.1. The van der Waals surface area contributed by atoms with E-state index < -0.39 is 0 Å². The van der Waals surface area contributed by atoms with E-state index in [0.29, 0.717) is 12.2 Å². The second-order valence-electron chi connectivity index (χ2n) is 6.85. The monoisotopic (exact) mass is 303 g/mol. The molecular formula is C17H25N3O2. The van der Waals surface area contributed by atoms with Crippen LogP contribution < -0.4 is 15.4 Å². The minimum absolute atomic E-state index is 0.00980. The van der Waals surface area contributed by atoms with Crippen molar-refractivity contribution in [1.82, 2.24) is 4.98 Å². The van der Waals surface area contributed by atoms with Crippen LogP contribution in [0.25, 0.3) is 0 Å². The third-order valence-corrected chi connectivity index (χ3v) is 5.17. The van der Waals surface area contributed by atoms with Gasteiger partial charge in [0.25, 0.3) is 5.56 Å². The number of H-pyrrole nitrogens is 1. The molecule has 4 rings (SSSR count). The molecule has 5 heteroatoms. The van der Waals surface area contributed by atoms with Gasteiger partial charge in [0.15, 0.2) is 0 Å². The van der Waals surface area contributed by atoms with Gasteiger partial charge in [-0.05, 0) is 25.7 Å². The van der Waals surface area contributed by atoms with Gasteiger partial charge in [0.05, 0.1) is 12.2 Å². The maximum Gasteiger partial charge on any atom is 0.251 e. The number of morpholine rings is 1. The van der Waals surface area contributed by atoms with E-state index in [0.717, 1.165) is 50.5 Å². The van der Waals surface area contributed by atoms with E-state index in [9.17, 15) is 4.79 Å². The summed E-state index contributed by atoms with van der Waals surface area (Å²) in [5, 5.41) is 0. The summed E-state index contributed by atoms with van der Waals surface area (Å²) in [6.45, 7) is 3.93. The zero-order valence-electron chi connectivity index (χ0n) is 13.1. The van der Waals surface area contributed by atoms with Crippen molar-refractivity contribution >= 4 is 11.5 Å². The lowest BCUT2D eigenvalue weighted by atomic mass is 10.2. The first-order chi connectivity index (χ1) is 10.8. The van der Waals surface area contributed by atoms with Gasteiger partial charge in [-0.25, -0.2) is 0 Å². The first kappa shape index (κ1) is 14.1. The molecule has 0 aliphatic carbocycles. The van der Waals surface area contributed by atoms with E-state index in [1.165, 1.54) is 25.7 Å². The second-order valence-corrected chi connectivity index (χ2v) is 6.85. The van der Waals surface area contributed by atoms with Crippen molar-refractivity contribution in [3.8, 4) is 0 Å². The number of aromatic nitrogens is 1. The fraction of sp³-hybridized carbons (Fsp3) is 0.706. The predicted octanol–water partition coefficient (Wildman–Crippen LogP) is 2.12. The lowest BCUT2D eigenvalue weighted by Crippen LogP contribution is -2.43. The summed E-state index contributed by atoms with van der Waals surface area (Å²) in [4.78, 5) is 19.8. The normalized spacial score (nSPS) is 28.7. The number of anilines is 2. The first-order valence-corrected chi connectivity index (χ1v) is 8.68. The molecule has 0 amide bonds. The summed E-state index contributed by atoms with van der Waals surface area (Å²) in [6, 6.07) is 3.91. The molecule has 3 aliphatic rings. The van der Waals surface area contributed by atoms with Gasteiger partial charge >= 0.3 is 0 Å². The molecular weight excluding hydrogens is 278 g/mol. The third kappa shape index (κ3) is 2.86. The van der Waals surface area contributed by atoms with Crippen molar-refractivity contribution in [1.29, 1.82) is 0 Å². The number of hydrogen-bond donors (Lipinski definition) is 1. The Bertz CT molecular complexity index is 566. The van der Waals surface area contributed by atoms with Crippen LogP contribution >= 0.6 is 0 Å². The molecule has 120 valence electrons. The highest BCUT2D eigenvalue weighted by molar-refractivity contribution is 5.55. The van der Waals surface area contributed by atoms with Gasteiger partial charge in [-0.15, -0.1) is 0 Å². The predicted molar refractivity (Wildman–Crippen MR) is 87.9 cm³/mol. The molecule has 0 spiro atoms. The van der Waals surface area contributed by atoms with E-state index in [-0.39, 0.29) is 5.56 Å². The topological polar surface area (TPSA) is 48.6 Å². The molecule has 1 aromatic rings. The SMILES string of the molecule is O=c1cc(N2CC3CCC(C2)O3)cc(N2CCCCCC2)[nH]1. The maximum absolute atomic E-state index is 12.1. The number of aromatic amines is 1. The Morgan fingerprint density at radius 2 is 1.64 bits per heavy atom. The smallest absolute Gasteiger partial charge is 0.251 e. The van der Waals surface area contributed by atoms with Crippen LogP contribution in [0.1, 0.15) is 38.5 Å². The Morgan fingerprint density at radius 1 is 0.955 bits per heavy atom. The number of nitrogens with one attached hydrogen (secondary N) is 1. The van der Waals surface area contributed by atoms with Gasteiger partial charge in [0.2, 0.25) is 0 Å². The molecule has 5 nitrogen and oxygen atoms in total. The number of pyridine rings is 1. The molecule has 0 radical (unpaired) electrons. The van der Waals surface area contributed by atoms with Gasteiger partial charge in [0, 0.05) is 44.0 Å². The summed E-state index contributed by atoms with van der Waals surface area (Å²) >= 11 is 0. The van der Waals surface area contributed by atoms with Crippen LogP contribution in [-0.2, 0) is 4.74 Å². The molecule has 0 saturated carbocycles. The van der Waals surface area contributed by atoms with Crippen LogP contribution in [-0.4, -0.2) is 43.4 Å². The number of fused-ring (bicyclic) bond motifs is 2. The Kier molecular flexibility index (Phi) is 3.82. The average Bonchev–Trinajstić information content (AvgIpc) is 2.74. The molecule has 3 saturated heterocycles. The quantitative estimate of drug-likeness (QED) is 0.909. The van der Waals surface area contributed by atoms with Crippen molar-refractivity contribution in [3.63, 3.8) is 0 Å². The Morgan fingerprint density at radius 3 is 2.32 bits per heavy atom. The molecule has 2 bridgehead atoms. The van der Waals surface area contributed by atoms with Crippen LogP contribution in [0, 0.1) is 0 Å². The molecule has 2 unspecified atom stereocenters. The number of hydrogen-bond acceptors (Lipinski definition) is 4. The van der Waals surface area contributed by atoms with Crippen molar-refractivity contribution in [3.05, 3.63) is 22.5 Å². The summed E-state index contributed by atoms with van der Waals surface area (Å²) in [5.41, 5.74) is 1.07. The molecule has 3 fully saturated rings. The number of ether oxygens (including phenoxy) is 1. The highest BCUT2D eigenvalue weighted by Gasteiger charge is 2.34. The van der Waals surface area contributed by atoms with Gasteiger partial charge in [0.1, 0.15) is 5.82 Å². The standard InChI is InChI=1S/C17H25N3O2/c21-17-10-13(20-11-14-5-6-15(12-20)22-14)9-16(18-17)19-7-3-1-2-4-8-19/h9-10,14-15H,1-8,11-12H2,(H,18,21). The molecule has 2 atom stereocenters. The fourth-order valence-electron chi connectivity index (χ4n) is 4.00. The van der Waals surface area contributed by atoms with Gasteiger partial charge in [-0.3, -0.25) is 4.79 Å². The average molecular weight is 303 g/mol. The summed E-state index contributed by atoms with van der Waals surface area (Å²) in [6.07, 6.45) is 8.04. The first-order valence-electron chi connectivity index (χ1n) is 8.68. The highest BCUT2D eigenvalue weighted by Crippen LogP contribution is 2.30. The molecule has 0 aromatic carbocycles. The zero-order chi connectivity index (χ0) is 14.9. The molecule has 1 N–H and O–H groups in total. The van der Waals surface area contributed by atoms with Crippen LogP contribution in [0.4, 0.5) is 11.5 Å². The van der Waals surface area contributed by atoms with Crippen molar-refractivity contribution in [2.45, 2.75) is 50.7 Å². The Labute approximate surface area is 131 Å². The summed E-state index contributed by atoms with van der Waals surface area (Å²) < 4.78 is 5.90. The van der Waals surface area contributed by atoms with E-state index >= 15 is 0 Å². The lowest BCUT2D eigenvalue weighted by molar-refractivity contribution is 0.0305. The van der Waals surface area contributed by atoms with Gasteiger partial charge < -0.3 is 19.5 Å². The fourth-order valence-corrected chi connectivity index (χ4v) is 4.00. The van der Waals surface area contributed by atoms with E-state index in [2.05, 4.69) is 20.9 Å². The molecule has 3 aliphatic heterocycles. The highest BCUT2D eigenvalue weighted by atomic mass is 16.5. The number of nitrogens with zero attached hydrogens (tertiary/aromatic N) is 2. The minimum atomic E-state index is 0.00980. The summed E-state index contributed by atoms with van der Waals surface area (Å²) in [5.74, 6) is 0.989. The van der Waals surface area contributed by atoms with Crippen LogP contribution in [0.2, 0.25) is 0 Å². The Balaban J connectivity index is 1.59.